The van der Waals surface area contributed by atoms with Crippen LogP contribution in [0.1, 0.15) is 115 Å². The molecule has 7 nitrogen and oxygen atoms in total. The van der Waals surface area contributed by atoms with Gasteiger partial charge in [-0.2, -0.15) is 0 Å². The van der Waals surface area contributed by atoms with Crippen molar-refractivity contribution < 1.29 is 34.2 Å². The van der Waals surface area contributed by atoms with Gasteiger partial charge in [-0.05, 0) is 78.9 Å². The molecular formula is C35H48O7. The molecule has 7 heteroatoms. The van der Waals surface area contributed by atoms with Crippen molar-refractivity contribution in [2.24, 2.45) is 39.9 Å². The fourth-order valence-corrected chi connectivity index (χ4v) is 8.83. The van der Waals surface area contributed by atoms with E-state index in [0.717, 1.165) is 37.3 Å². The molecule has 0 aromatic heterocycles. The van der Waals surface area contributed by atoms with E-state index in [0.29, 0.717) is 24.8 Å². The molecule has 0 saturated heterocycles. The summed E-state index contributed by atoms with van der Waals surface area (Å²) in [6.07, 6.45) is 4.22. The van der Waals surface area contributed by atoms with Gasteiger partial charge in [0.2, 0.25) is 0 Å². The Morgan fingerprint density at radius 3 is 2.19 bits per heavy atom. The summed E-state index contributed by atoms with van der Waals surface area (Å²) in [4.78, 5) is 69.0. The van der Waals surface area contributed by atoms with Crippen LogP contribution in [-0.4, -0.2) is 44.7 Å². The molecule has 1 aromatic carbocycles. The first-order chi connectivity index (χ1) is 19.3. The van der Waals surface area contributed by atoms with Gasteiger partial charge >= 0.3 is 0 Å². The number of benzene rings is 1. The van der Waals surface area contributed by atoms with Crippen LogP contribution in [0.4, 0.5) is 0 Å². The normalized spacial score (nSPS) is 33.0. The molecule has 0 aliphatic heterocycles. The van der Waals surface area contributed by atoms with Gasteiger partial charge < -0.3 is 10.2 Å². The first-order valence-electron chi connectivity index (χ1n) is 15.5. The summed E-state index contributed by atoms with van der Waals surface area (Å²) in [6, 6.07) is 2.00. The molecule has 42 heavy (non-hydrogen) atoms. The lowest BCUT2D eigenvalue weighted by Crippen LogP contribution is -2.76. The first kappa shape index (κ1) is 32.2. The van der Waals surface area contributed by atoms with Crippen molar-refractivity contribution in [2.45, 2.75) is 113 Å². The standard InChI is InChI=1S/C35H48O7/c1-10-12-20-15-21(13-11-14-32(5,6)7)27(37)24-22(20)16-33(8)17-34(9)25(18(2)3)28(38)23(19(4)36)30(40)35(34,42)31(41)26(33)29(24)39/h15,18,23,25-26,37,42H,10-14,16-17H2,1-9H3/t23?,25?,26?,33-,34-,35+/m1/s1. The van der Waals surface area contributed by atoms with Crippen LogP contribution in [0.5, 0.6) is 5.75 Å². The molecule has 0 bridgehead atoms. The summed E-state index contributed by atoms with van der Waals surface area (Å²) in [6.45, 7) is 16.6. The second-order valence-electron chi connectivity index (χ2n) is 15.4. The number of fused-ring (bicyclic) bond motifs is 3. The molecule has 6 atom stereocenters. The van der Waals surface area contributed by atoms with Crippen molar-refractivity contribution in [1.82, 2.24) is 0 Å². The minimum absolute atomic E-state index is 0.0721. The second-order valence-corrected chi connectivity index (χ2v) is 15.4. The number of aryl methyl sites for hydroxylation is 2. The fourth-order valence-electron chi connectivity index (χ4n) is 8.83. The van der Waals surface area contributed by atoms with Crippen LogP contribution in [0.3, 0.4) is 0 Å². The highest BCUT2D eigenvalue weighted by Crippen LogP contribution is 2.64. The molecule has 230 valence electrons. The number of Topliss-reactive ketones (excluding diaryl/α,β-unsaturated/α-hetero) is 5. The smallest absolute Gasteiger partial charge is 0.190 e. The minimum Gasteiger partial charge on any atom is -0.507 e. The number of carbonyl (C=O) groups excluding carboxylic acids is 5. The highest BCUT2D eigenvalue weighted by Gasteiger charge is 2.76. The van der Waals surface area contributed by atoms with E-state index >= 15 is 0 Å². The van der Waals surface area contributed by atoms with E-state index in [-0.39, 0.29) is 29.1 Å². The Balaban J connectivity index is 1.91. The van der Waals surface area contributed by atoms with E-state index in [1.165, 1.54) is 0 Å². The fraction of sp³-hybridized carbons (Fsp3) is 0.686. The summed E-state index contributed by atoms with van der Waals surface area (Å²) in [5.41, 5.74) is -2.58. The molecule has 0 heterocycles. The number of rotatable bonds is 7. The molecule has 0 spiro atoms. The third-order valence-corrected chi connectivity index (χ3v) is 10.4. The monoisotopic (exact) mass is 580 g/mol. The van der Waals surface area contributed by atoms with Crippen molar-refractivity contribution in [3.63, 3.8) is 0 Å². The number of carbonyl (C=O) groups is 5. The zero-order valence-electron chi connectivity index (χ0n) is 26.8. The molecule has 2 fully saturated rings. The van der Waals surface area contributed by atoms with Crippen LogP contribution in [0.2, 0.25) is 0 Å². The average Bonchev–Trinajstić information content (AvgIpc) is 2.83. The molecular weight excluding hydrogens is 532 g/mol. The summed E-state index contributed by atoms with van der Waals surface area (Å²) >= 11 is 0. The average molecular weight is 581 g/mol. The second kappa shape index (κ2) is 10.5. The van der Waals surface area contributed by atoms with E-state index in [1.807, 2.05) is 13.0 Å². The van der Waals surface area contributed by atoms with Gasteiger partial charge in [-0.3, -0.25) is 24.0 Å². The van der Waals surface area contributed by atoms with Crippen LogP contribution >= 0.6 is 0 Å². The molecule has 2 N–H and O–H groups in total. The molecule has 4 rings (SSSR count). The molecule has 0 radical (unpaired) electrons. The summed E-state index contributed by atoms with van der Waals surface area (Å²) in [5.74, 6) is -8.46. The third-order valence-electron chi connectivity index (χ3n) is 10.4. The Morgan fingerprint density at radius 1 is 1.05 bits per heavy atom. The third kappa shape index (κ3) is 4.61. The number of ketones is 5. The number of hydrogen-bond acceptors (Lipinski definition) is 7. The predicted molar refractivity (Wildman–Crippen MR) is 159 cm³/mol. The van der Waals surface area contributed by atoms with Gasteiger partial charge in [0, 0.05) is 11.3 Å². The number of phenolic OH excluding ortho intramolecular Hbond substituents is 1. The Bertz CT molecular complexity index is 1360. The lowest BCUT2D eigenvalue weighted by molar-refractivity contribution is -0.205. The predicted octanol–water partition coefficient (Wildman–Crippen LogP) is 5.41. The maximum atomic E-state index is 14.5. The van der Waals surface area contributed by atoms with Gasteiger partial charge in [0.15, 0.2) is 28.7 Å². The highest BCUT2D eigenvalue weighted by molar-refractivity contribution is 6.32. The van der Waals surface area contributed by atoms with Gasteiger partial charge in [-0.15, -0.1) is 0 Å². The van der Waals surface area contributed by atoms with Gasteiger partial charge in [0.05, 0.1) is 11.5 Å². The molecule has 2 saturated carbocycles. The van der Waals surface area contributed by atoms with Crippen LogP contribution in [0.25, 0.3) is 0 Å². The number of aromatic hydroxyl groups is 1. The van der Waals surface area contributed by atoms with E-state index in [2.05, 4.69) is 27.7 Å². The van der Waals surface area contributed by atoms with Crippen molar-refractivity contribution in [2.75, 3.05) is 0 Å². The SMILES string of the molecule is CCCc1cc(CCCC(C)(C)C)c(O)c2c1C[C@]1(C)C[C@]3(C)C(C(C)C)C(=O)C(C(C)=O)C(=O)[C@]3(O)C(=O)C1C2=O. The van der Waals surface area contributed by atoms with Crippen molar-refractivity contribution in [1.29, 1.82) is 0 Å². The molecule has 3 unspecified atom stereocenters. The van der Waals surface area contributed by atoms with Gasteiger partial charge in [0.25, 0.3) is 0 Å². The molecule has 3 aliphatic rings. The topological polar surface area (TPSA) is 126 Å². The summed E-state index contributed by atoms with van der Waals surface area (Å²) in [7, 11) is 0. The Hall–Kier alpha value is -2.67. The van der Waals surface area contributed by atoms with E-state index in [4.69, 9.17) is 0 Å². The number of hydrogen-bond donors (Lipinski definition) is 2. The Morgan fingerprint density at radius 2 is 1.67 bits per heavy atom. The molecule has 1 aromatic rings. The molecule has 0 amide bonds. The van der Waals surface area contributed by atoms with Crippen LogP contribution in [0, 0.1) is 39.9 Å². The molecule has 3 aliphatic carbocycles. The summed E-state index contributed by atoms with van der Waals surface area (Å²) < 4.78 is 0. The van der Waals surface area contributed by atoms with Crippen LogP contribution in [0.15, 0.2) is 6.07 Å². The van der Waals surface area contributed by atoms with Gasteiger partial charge in [0.1, 0.15) is 17.5 Å². The maximum absolute atomic E-state index is 14.5. The van der Waals surface area contributed by atoms with Crippen molar-refractivity contribution in [3.8, 4) is 5.75 Å². The van der Waals surface area contributed by atoms with E-state index < -0.39 is 63.1 Å². The van der Waals surface area contributed by atoms with Gasteiger partial charge in [-0.1, -0.05) is 67.9 Å². The largest absolute Gasteiger partial charge is 0.507 e. The van der Waals surface area contributed by atoms with E-state index in [9.17, 15) is 34.2 Å². The highest BCUT2D eigenvalue weighted by atomic mass is 16.3. The lowest BCUT2D eigenvalue weighted by Gasteiger charge is -2.62. The summed E-state index contributed by atoms with van der Waals surface area (Å²) in [5, 5.41) is 23.7. The van der Waals surface area contributed by atoms with Gasteiger partial charge in [-0.25, -0.2) is 0 Å². The van der Waals surface area contributed by atoms with Crippen molar-refractivity contribution in [3.05, 3.63) is 28.3 Å². The number of phenols is 1. The Labute approximate surface area is 249 Å². The van der Waals surface area contributed by atoms with E-state index in [1.54, 1.807) is 20.8 Å². The lowest BCUT2D eigenvalue weighted by atomic mass is 9.39. The minimum atomic E-state index is -2.67. The number of aliphatic hydroxyl groups is 1. The first-order valence-corrected chi connectivity index (χ1v) is 15.5. The zero-order valence-corrected chi connectivity index (χ0v) is 26.8. The quantitative estimate of drug-likeness (QED) is 0.413. The maximum Gasteiger partial charge on any atom is 0.190 e. The Kier molecular flexibility index (Phi) is 8.06. The zero-order chi connectivity index (χ0) is 31.7. The van der Waals surface area contributed by atoms with Crippen molar-refractivity contribution >= 4 is 28.9 Å². The van der Waals surface area contributed by atoms with Crippen LogP contribution in [-0.2, 0) is 38.4 Å². The van der Waals surface area contributed by atoms with Crippen LogP contribution < -0.4 is 0 Å².